The number of nitro groups is 1. The van der Waals surface area contributed by atoms with Crippen LogP contribution in [0.25, 0.3) is 0 Å². The summed E-state index contributed by atoms with van der Waals surface area (Å²) in [7, 11) is 2.76. The van der Waals surface area contributed by atoms with Crippen molar-refractivity contribution in [3.63, 3.8) is 0 Å². The molecule has 0 aliphatic carbocycles. The maximum Gasteiger partial charge on any atom is 0.334 e. The molecule has 0 aliphatic rings. The van der Waals surface area contributed by atoms with Crippen molar-refractivity contribution in [2.24, 2.45) is 0 Å². The highest BCUT2D eigenvalue weighted by Crippen LogP contribution is 2.30. The first kappa shape index (κ1) is 15.5. The van der Waals surface area contributed by atoms with E-state index in [-0.39, 0.29) is 18.4 Å². The Bertz CT molecular complexity index is 676. The van der Waals surface area contributed by atoms with Gasteiger partial charge in [-0.05, 0) is 17.7 Å². The van der Waals surface area contributed by atoms with Crippen LogP contribution >= 0.6 is 0 Å². The molecule has 0 radical (unpaired) electrons. The molecule has 0 fully saturated rings. The smallest absolute Gasteiger partial charge is 0.334 e. The molecule has 2 rings (SSSR count). The fraction of sp³-hybridized carbons (Fsp3) is 0.214. The molecule has 8 heteroatoms. The molecule has 0 saturated heterocycles. The topological polar surface area (TPSA) is 83.7 Å². The Morgan fingerprint density at radius 1 is 1.18 bits per heavy atom. The summed E-state index contributed by atoms with van der Waals surface area (Å²) in [5, 5.41) is 10.8. The molecule has 0 aliphatic heterocycles. The molecule has 1 aromatic carbocycles. The second-order valence-corrected chi connectivity index (χ2v) is 4.20. The minimum Gasteiger partial charge on any atom is -0.497 e. The van der Waals surface area contributed by atoms with Gasteiger partial charge in [-0.2, -0.15) is 4.98 Å². The van der Waals surface area contributed by atoms with Crippen molar-refractivity contribution in [3.05, 3.63) is 51.8 Å². The molecule has 2 aromatic rings. The Morgan fingerprint density at radius 3 is 2.41 bits per heavy atom. The van der Waals surface area contributed by atoms with E-state index < -0.39 is 16.4 Å². The van der Waals surface area contributed by atoms with Crippen molar-refractivity contribution < 1.29 is 23.5 Å². The van der Waals surface area contributed by atoms with Crippen molar-refractivity contribution in [2.75, 3.05) is 14.2 Å². The molecule has 22 heavy (non-hydrogen) atoms. The molecule has 116 valence electrons. The first-order chi connectivity index (χ1) is 10.5. The van der Waals surface area contributed by atoms with Crippen molar-refractivity contribution >= 4 is 5.69 Å². The quantitative estimate of drug-likeness (QED) is 0.602. The largest absolute Gasteiger partial charge is 0.497 e. The number of rotatable bonds is 6. The van der Waals surface area contributed by atoms with Gasteiger partial charge in [-0.1, -0.05) is 12.1 Å². The van der Waals surface area contributed by atoms with Crippen LogP contribution in [0.2, 0.25) is 0 Å². The number of benzene rings is 1. The first-order valence-electron chi connectivity index (χ1n) is 6.19. The summed E-state index contributed by atoms with van der Waals surface area (Å²) >= 11 is 0. The highest BCUT2D eigenvalue weighted by molar-refractivity contribution is 5.43. The summed E-state index contributed by atoms with van der Waals surface area (Å²) in [6.45, 7) is 0.0505. The molecule has 1 aromatic heterocycles. The molecule has 0 N–H and O–H groups in total. The Kier molecular flexibility index (Phi) is 4.72. The van der Waals surface area contributed by atoms with Crippen molar-refractivity contribution in [1.82, 2.24) is 4.98 Å². The number of nitrogens with zero attached hydrogens (tertiary/aromatic N) is 2. The number of methoxy groups -OCH3 is 2. The van der Waals surface area contributed by atoms with E-state index in [9.17, 15) is 14.5 Å². The molecule has 0 saturated carbocycles. The van der Waals surface area contributed by atoms with Crippen LogP contribution in [-0.2, 0) is 6.61 Å². The van der Waals surface area contributed by atoms with Crippen molar-refractivity contribution in [1.29, 1.82) is 0 Å². The van der Waals surface area contributed by atoms with Gasteiger partial charge in [-0.3, -0.25) is 10.1 Å². The lowest BCUT2D eigenvalue weighted by atomic mass is 10.2. The predicted molar refractivity (Wildman–Crippen MR) is 74.7 cm³/mol. The zero-order valence-corrected chi connectivity index (χ0v) is 11.9. The van der Waals surface area contributed by atoms with E-state index in [1.807, 2.05) is 0 Å². The van der Waals surface area contributed by atoms with Gasteiger partial charge >= 0.3 is 5.69 Å². The van der Waals surface area contributed by atoms with Gasteiger partial charge in [0.1, 0.15) is 12.4 Å². The number of hydrogen-bond donors (Lipinski definition) is 0. The van der Waals surface area contributed by atoms with Gasteiger partial charge in [0.25, 0.3) is 11.8 Å². The average molecular weight is 308 g/mol. The van der Waals surface area contributed by atoms with E-state index >= 15 is 0 Å². The third-order valence-corrected chi connectivity index (χ3v) is 2.81. The van der Waals surface area contributed by atoms with E-state index in [2.05, 4.69) is 4.98 Å². The fourth-order valence-electron chi connectivity index (χ4n) is 1.70. The van der Waals surface area contributed by atoms with Crippen molar-refractivity contribution in [3.8, 4) is 17.5 Å². The lowest BCUT2D eigenvalue weighted by Gasteiger charge is -2.08. The maximum absolute atomic E-state index is 13.8. The van der Waals surface area contributed by atoms with Crippen LogP contribution in [0.4, 0.5) is 10.1 Å². The monoisotopic (exact) mass is 308 g/mol. The summed E-state index contributed by atoms with van der Waals surface area (Å²) in [4.78, 5) is 13.6. The van der Waals surface area contributed by atoms with Gasteiger partial charge in [0.2, 0.25) is 0 Å². The molecule has 0 bridgehead atoms. The highest BCUT2D eigenvalue weighted by Gasteiger charge is 2.22. The van der Waals surface area contributed by atoms with Gasteiger partial charge in [-0.15, -0.1) is 0 Å². The van der Waals surface area contributed by atoms with Gasteiger partial charge < -0.3 is 14.2 Å². The van der Waals surface area contributed by atoms with E-state index in [1.54, 1.807) is 31.4 Å². The average Bonchev–Trinajstić information content (AvgIpc) is 2.53. The van der Waals surface area contributed by atoms with Crippen LogP contribution in [0.5, 0.6) is 17.5 Å². The van der Waals surface area contributed by atoms with Crippen LogP contribution in [0.1, 0.15) is 5.56 Å². The molecule has 0 spiro atoms. The summed E-state index contributed by atoms with van der Waals surface area (Å²) < 4.78 is 28.8. The predicted octanol–water partition coefficient (Wildman–Crippen LogP) is 2.73. The van der Waals surface area contributed by atoms with E-state index in [0.29, 0.717) is 5.75 Å². The van der Waals surface area contributed by atoms with Gasteiger partial charge in [0, 0.05) is 0 Å². The normalized spacial score (nSPS) is 10.1. The first-order valence-corrected chi connectivity index (χ1v) is 6.19. The molecular formula is C14H13FN2O5. The maximum atomic E-state index is 13.8. The van der Waals surface area contributed by atoms with Crippen LogP contribution in [0.15, 0.2) is 30.3 Å². The number of halogens is 1. The van der Waals surface area contributed by atoms with E-state index in [0.717, 1.165) is 11.6 Å². The zero-order chi connectivity index (χ0) is 16.1. The van der Waals surface area contributed by atoms with Gasteiger partial charge in [0.05, 0.1) is 25.2 Å². The standard InChI is InChI=1S/C14H13FN2O5/c1-20-10-5-3-9(4-6-10)8-22-13-11(15)7-12(17(18)19)14(16-13)21-2/h3-7H,8H2,1-2H3. The Labute approximate surface area is 125 Å². The van der Waals surface area contributed by atoms with E-state index in [4.69, 9.17) is 14.2 Å². The summed E-state index contributed by atoms with van der Waals surface area (Å²) in [6, 6.07) is 7.69. The molecule has 1 heterocycles. The van der Waals surface area contributed by atoms with Crippen LogP contribution in [0.3, 0.4) is 0 Å². The number of hydrogen-bond acceptors (Lipinski definition) is 6. The van der Waals surface area contributed by atoms with Crippen molar-refractivity contribution in [2.45, 2.75) is 6.61 Å². The lowest BCUT2D eigenvalue weighted by Crippen LogP contribution is -2.03. The summed E-state index contributed by atoms with van der Waals surface area (Å²) in [5.74, 6) is -0.916. The lowest BCUT2D eigenvalue weighted by molar-refractivity contribution is -0.386. The summed E-state index contributed by atoms with van der Waals surface area (Å²) in [5.41, 5.74) is 0.205. The molecule has 0 unspecified atom stereocenters. The van der Waals surface area contributed by atoms with Crippen LogP contribution < -0.4 is 14.2 Å². The van der Waals surface area contributed by atoms with E-state index in [1.165, 1.54) is 7.11 Å². The second kappa shape index (κ2) is 6.70. The zero-order valence-electron chi connectivity index (χ0n) is 11.9. The third kappa shape index (κ3) is 3.40. The minimum absolute atomic E-state index is 0.0505. The number of ether oxygens (including phenoxy) is 3. The number of pyridine rings is 1. The Morgan fingerprint density at radius 2 is 1.86 bits per heavy atom. The fourth-order valence-corrected chi connectivity index (χ4v) is 1.70. The van der Waals surface area contributed by atoms with Gasteiger partial charge in [0.15, 0.2) is 5.82 Å². The highest BCUT2D eigenvalue weighted by atomic mass is 19.1. The molecule has 7 nitrogen and oxygen atoms in total. The van der Waals surface area contributed by atoms with Crippen LogP contribution in [-0.4, -0.2) is 24.1 Å². The SMILES string of the molecule is COc1ccc(COc2nc(OC)c([N+](=O)[O-])cc2F)cc1. The molecular weight excluding hydrogens is 295 g/mol. The molecule has 0 amide bonds. The Hall–Kier alpha value is -2.90. The summed E-state index contributed by atoms with van der Waals surface area (Å²) in [6.07, 6.45) is 0. The Balaban J connectivity index is 2.16. The molecule has 0 atom stereocenters. The van der Waals surface area contributed by atoms with Gasteiger partial charge in [-0.25, -0.2) is 4.39 Å². The van der Waals surface area contributed by atoms with Crippen LogP contribution in [0, 0.1) is 15.9 Å². The second-order valence-electron chi connectivity index (χ2n) is 4.20. The third-order valence-electron chi connectivity index (χ3n) is 2.81. The minimum atomic E-state index is -0.930. The number of aromatic nitrogens is 1.